The molecule has 4 nitrogen and oxygen atoms in total. The van der Waals surface area contributed by atoms with E-state index in [1.165, 1.54) is 6.20 Å². The summed E-state index contributed by atoms with van der Waals surface area (Å²) in [6.07, 6.45) is 4.27. The molecule has 1 aliphatic carbocycles. The van der Waals surface area contributed by atoms with Gasteiger partial charge in [-0.15, -0.1) is 0 Å². The molecule has 0 amide bonds. The molecule has 1 heterocycles. The predicted octanol–water partition coefficient (Wildman–Crippen LogP) is 2.61. The zero-order chi connectivity index (χ0) is 12.6. The van der Waals surface area contributed by atoms with Crippen molar-refractivity contribution in [1.82, 2.24) is 9.78 Å². The summed E-state index contributed by atoms with van der Waals surface area (Å²) < 4.78 is 1.58. The molecular weight excluding hydrogens is 240 g/mol. The van der Waals surface area contributed by atoms with Crippen molar-refractivity contribution in [3.63, 3.8) is 0 Å². The molecule has 0 aliphatic heterocycles. The molecule has 1 N–H and O–H groups in total. The van der Waals surface area contributed by atoms with Gasteiger partial charge in [0.2, 0.25) is 5.78 Å². The SMILES string of the molecule is CC(C)n1ncc(Cl)c1C(=O)C1(O)CCCC1. The Bertz CT molecular complexity index is 434. The van der Waals surface area contributed by atoms with Crippen LogP contribution in [0.1, 0.15) is 56.1 Å². The van der Waals surface area contributed by atoms with E-state index in [1.54, 1.807) is 4.68 Å². The summed E-state index contributed by atoms with van der Waals surface area (Å²) in [5.74, 6) is -0.286. The molecule has 2 rings (SSSR count). The van der Waals surface area contributed by atoms with Gasteiger partial charge in [0.1, 0.15) is 11.3 Å². The second kappa shape index (κ2) is 4.42. The number of Topliss-reactive ketones (excluding diaryl/α,β-unsaturated/α-hetero) is 1. The number of aliphatic hydroxyl groups is 1. The molecule has 1 aliphatic rings. The summed E-state index contributed by atoms with van der Waals surface area (Å²) in [5, 5.41) is 14.7. The first-order valence-corrected chi connectivity index (χ1v) is 6.34. The van der Waals surface area contributed by atoms with Gasteiger partial charge in [0.25, 0.3) is 0 Å². The maximum absolute atomic E-state index is 12.4. The fourth-order valence-electron chi connectivity index (χ4n) is 2.35. The van der Waals surface area contributed by atoms with Crippen molar-refractivity contribution in [2.75, 3.05) is 0 Å². The summed E-state index contributed by atoms with van der Waals surface area (Å²) in [7, 11) is 0. The zero-order valence-corrected chi connectivity index (χ0v) is 10.9. The molecule has 17 heavy (non-hydrogen) atoms. The number of carbonyl (C=O) groups is 1. The van der Waals surface area contributed by atoms with E-state index in [2.05, 4.69) is 5.10 Å². The van der Waals surface area contributed by atoms with Gasteiger partial charge in [-0.2, -0.15) is 5.10 Å². The maximum Gasteiger partial charge on any atom is 0.213 e. The van der Waals surface area contributed by atoms with Gasteiger partial charge < -0.3 is 5.11 Å². The number of hydrogen-bond acceptors (Lipinski definition) is 3. The molecule has 0 aromatic carbocycles. The van der Waals surface area contributed by atoms with Crippen LogP contribution in [-0.2, 0) is 0 Å². The van der Waals surface area contributed by atoms with E-state index >= 15 is 0 Å². The van der Waals surface area contributed by atoms with Gasteiger partial charge in [-0.25, -0.2) is 0 Å². The second-order valence-corrected chi connectivity index (χ2v) is 5.35. The van der Waals surface area contributed by atoms with Crippen LogP contribution in [0.2, 0.25) is 5.02 Å². The number of ketones is 1. The van der Waals surface area contributed by atoms with Gasteiger partial charge in [-0.05, 0) is 39.5 Å². The van der Waals surface area contributed by atoms with Crippen molar-refractivity contribution in [1.29, 1.82) is 0 Å². The number of nitrogens with zero attached hydrogens (tertiary/aromatic N) is 2. The first-order valence-electron chi connectivity index (χ1n) is 5.96. The molecule has 1 fully saturated rings. The lowest BCUT2D eigenvalue weighted by Crippen LogP contribution is -2.37. The topological polar surface area (TPSA) is 55.1 Å². The fraction of sp³-hybridized carbons (Fsp3) is 0.667. The third kappa shape index (κ3) is 2.11. The van der Waals surface area contributed by atoms with Gasteiger partial charge in [0.15, 0.2) is 0 Å². The summed E-state index contributed by atoms with van der Waals surface area (Å²) in [6.45, 7) is 3.86. The molecule has 0 atom stereocenters. The third-order valence-electron chi connectivity index (χ3n) is 3.31. The van der Waals surface area contributed by atoms with Crippen LogP contribution in [0.5, 0.6) is 0 Å². The molecule has 0 bridgehead atoms. The fourth-order valence-corrected chi connectivity index (χ4v) is 2.57. The van der Waals surface area contributed by atoms with Crippen molar-refractivity contribution in [3.05, 3.63) is 16.9 Å². The normalized spacial score (nSPS) is 18.9. The van der Waals surface area contributed by atoms with Gasteiger partial charge in [0, 0.05) is 6.04 Å². The van der Waals surface area contributed by atoms with Gasteiger partial charge >= 0.3 is 0 Å². The minimum atomic E-state index is -1.24. The van der Waals surface area contributed by atoms with E-state index in [9.17, 15) is 9.90 Å². The minimum absolute atomic E-state index is 0.0476. The molecular formula is C12H17ClN2O2. The zero-order valence-electron chi connectivity index (χ0n) is 10.1. The van der Waals surface area contributed by atoms with E-state index in [0.717, 1.165) is 12.8 Å². The van der Waals surface area contributed by atoms with Gasteiger partial charge in [0.05, 0.1) is 11.2 Å². The Morgan fingerprint density at radius 1 is 1.53 bits per heavy atom. The highest BCUT2D eigenvalue weighted by Crippen LogP contribution is 2.34. The summed E-state index contributed by atoms with van der Waals surface area (Å²) >= 11 is 6.01. The molecule has 0 spiro atoms. The third-order valence-corrected chi connectivity index (χ3v) is 3.58. The molecule has 1 saturated carbocycles. The Morgan fingerprint density at radius 2 is 2.12 bits per heavy atom. The Morgan fingerprint density at radius 3 is 2.65 bits per heavy atom. The van der Waals surface area contributed by atoms with Gasteiger partial charge in [-0.1, -0.05) is 11.6 Å². The largest absolute Gasteiger partial charge is 0.382 e. The average Bonchev–Trinajstić information content (AvgIpc) is 2.85. The highest BCUT2D eigenvalue weighted by atomic mass is 35.5. The quantitative estimate of drug-likeness (QED) is 0.846. The van der Waals surface area contributed by atoms with E-state index in [4.69, 9.17) is 11.6 Å². The monoisotopic (exact) mass is 256 g/mol. The molecule has 94 valence electrons. The first-order chi connectivity index (χ1) is 7.96. The summed E-state index contributed by atoms with van der Waals surface area (Å²) in [4.78, 5) is 12.4. The molecule has 1 aromatic rings. The van der Waals surface area contributed by atoms with E-state index in [1.807, 2.05) is 13.8 Å². The number of rotatable bonds is 3. The highest BCUT2D eigenvalue weighted by Gasteiger charge is 2.41. The number of aromatic nitrogens is 2. The van der Waals surface area contributed by atoms with Crippen LogP contribution in [0.15, 0.2) is 6.20 Å². The van der Waals surface area contributed by atoms with Crippen LogP contribution in [-0.4, -0.2) is 26.3 Å². The van der Waals surface area contributed by atoms with Crippen molar-refractivity contribution in [2.24, 2.45) is 0 Å². The smallest absolute Gasteiger partial charge is 0.213 e. The summed E-state index contributed by atoms with van der Waals surface area (Å²) in [5.41, 5.74) is -0.901. The standard InChI is InChI=1S/C12H17ClN2O2/c1-8(2)15-10(9(13)7-14-15)11(16)12(17)5-3-4-6-12/h7-8,17H,3-6H2,1-2H3. The molecule has 0 radical (unpaired) electrons. The Balaban J connectivity index is 2.39. The van der Waals surface area contributed by atoms with E-state index in [-0.39, 0.29) is 11.8 Å². The van der Waals surface area contributed by atoms with Crippen LogP contribution >= 0.6 is 11.6 Å². The maximum atomic E-state index is 12.4. The average molecular weight is 257 g/mol. The van der Waals surface area contributed by atoms with Crippen LogP contribution in [0.25, 0.3) is 0 Å². The Labute approximate surface area is 106 Å². The molecule has 5 heteroatoms. The predicted molar refractivity (Wildman–Crippen MR) is 65.4 cm³/mol. The minimum Gasteiger partial charge on any atom is -0.382 e. The summed E-state index contributed by atoms with van der Waals surface area (Å²) in [6, 6.07) is 0.0476. The lowest BCUT2D eigenvalue weighted by molar-refractivity contribution is 0.0340. The second-order valence-electron chi connectivity index (χ2n) is 4.95. The highest BCUT2D eigenvalue weighted by molar-refractivity contribution is 6.34. The van der Waals surface area contributed by atoms with Crippen molar-refractivity contribution < 1.29 is 9.90 Å². The van der Waals surface area contributed by atoms with Crippen molar-refractivity contribution >= 4 is 17.4 Å². The van der Waals surface area contributed by atoms with Crippen molar-refractivity contribution in [3.8, 4) is 0 Å². The van der Waals surface area contributed by atoms with Crippen molar-refractivity contribution in [2.45, 2.75) is 51.2 Å². The number of halogens is 1. The lowest BCUT2D eigenvalue weighted by Gasteiger charge is -2.21. The van der Waals surface area contributed by atoms with Crippen LogP contribution in [0.4, 0.5) is 0 Å². The molecule has 0 saturated heterocycles. The van der Waals surface area contributed by atoms with Crippen LogP contribution in [0, 0.1) is 0 Å². The van der Waals surface area contributed by atoms with E-state index in [0.29, 0.717) is 23.6 Å². The van der Waals surface area contributed by atoms with E-state index < -0.39 is 5.60 Å². The van der Waals surface area contributed by atoms with Gasteiger partial charge in [-0.3, -0.25) is 9.48 Å². The lowest BCUT2D eigenvalue weighted by atomic mass is 9.94. The first kappa shape index (κ1) is 12.6. The molecule has 0 unspecified atom stereocenters. The number of carbonyl (C=O) groups excluding carboxylic acids is 1. The molecule has 1 aromatic heterocycles. The Kier molecular flexibility index (Phi) is 3.27. The van der Waals surface area contributed by atoms with Crippen LogP contribution in [0.3, 0.4) is 0 Å². The van der Waals surface area contributed by atoms with Crippen LogP contribution < -0.4 is 0 Å². The number of hydrogen-bond donors (Lipinski definition) is 1. The Hall–Kier alpha value is -0.870.